The molecule has 7 aromatic carbocycles. The number of furan rings is 1. The van der Waals surface area contributed by atoms with E-state index >= 15 is 0 Å². The highest BCUT2D eigenvalue weighted by atomic mass is 16.3. The van der Waals surface area contributed by atoms with Gasteiger partial charge in [-0.25, -0.2) is 0 Å². The summed E-state index contributed by atoms with van der Waals surface area (Å²) in [6, 6.07) is 58.5. The lowest BCUT2D eigenvalue weighted by molar-refractivity contribution is 0.590. The van der Waals surface area contributed by atoms with E-state index in [1.165, 1.54) is 44.6 Å². The van der Waals surface area contributed by atoms with Gasteiger partial charge in [0.15, 0.2) is 0 Å². The van der Waals surface area contributed by atoms with E-state index in [4.69, 9.17) is 4.42 Å². The topological polar surface area (TPSA) is 22.9 Å². The average molecular weight is 810 g/mol. The van der Waals surface area contributed by atoms with Gasteiger partial charge in [-0.15, -0.1) is 0 Å². The molecule has 0 amide bonds. The van der Waals surface area contributed by atoms with Crippen molar-refractivity contribution in [2.24, 2.45) is 0 Å². The highest BCUT2D eigenvalue weighted by molar-refractivity contribution is 7.00. The molecule has 0 spiro atoms. The molecule has 0 N–H and O–H groups in total. The van der Waals surface area contributed by atoms with E-state index < -0.39 is 0 Å². The lowest BCUT2D eigenvalue weighted by Gasteiger charge is -2.43. The molecular formula is C57H56BN3O. The van der Waals surface area contributed by atoms with Crippen LogP contribution in [0.1, 0.15) is 84.6 Å². The van der Waals surface area contributed by atoms with Crippen molar-refractivity contribution in [1.82, 2.24) is 0 Å². The van der Waals surface area contributed by atoms with Crippen LogP contribution in [0.4, 0.5) is 51.2 Å². The first-order valence-electron chi connectivity index (χ1n) is 22.1. The number of benzene rings is 7. The van der Waals surface area contributed by atoms with Crippen molar-refractivity contribution in [3.05, 3.63) is 180 Å². The molecule has 0 radical (unpaired) electrons. The molecule has 2 aliphatic rings. The van der Waals surface area contributed by atoms with Crippen molar-refractivity contribution in [3.63, 3.8) is 0 Å². The SMILES string of the molecule is Cc1cc2c3c(c1)N(c1ccc(C(C)(C)C)cc1)c1c(oc4ccc(C(C)(C)C)cc14)B3c1ccc(N(c3ccccc3)c3ccccc3)cc1N2c1ccc(C(C)(C)C)cc1. The maximum absolute atomic E-state index is 7.26. The third kappa shape index (κ3) is 6.61. The lowest BCUT2D eigenvalue weighted by Crippen LogP contribution is -2.61. The Balaban J connectivity index is 1.28. The molecule has 308 valence electrons. The van der Waals surface area contributed by atoms with Gasteiger partial charge in [-0.1, -0.05) is 135 Å². The summed E-state index contributed by atoms with van der Waals surface area (Å²) >= 11 is 0. The summed E-state index contributed by atoms with van der Waals surface area (Å²) in [6.45, 7) is 22.7. The minimum absolute atomic E-state index is 0.0263. The second-order valence-electron chi connectivity index (χ2n) is 20.4. The molecule has 0 unspecified atom stereocenters. The molecular weight excluding hydrogens is 753 g/mol. The van der Waals surface area contributed by atoms with Crippen LogP contribution >= 0.6 is 0 Å². The maximum atomic E-state index is 7.26. The van der Waals surface area contributed by atoms with Gasteiger partial charge in [-0.2, -0.15) is 0 Å². The maximum Gasteiger partial charge on any atom is 0.297 e. The quantitative estimate of drug-likeness (QED) is 0.162. The van der Waals surface area contributed by atoms with Crippen molar-refractivity contribution in [3.8, 4) is 0 Å². The standard InChI is InChI=1S/C57H56BN3O/c1-37-33-49-52-50(34-37)61(44-28-23-39(24-29-44)56(5,6)7)53-46-35-40(57(8,9)10)25-32-51(46)62-54(53)58(52)47-31-30-45(59(41-17-13-11-14-18-41)42-19-15-12-16-20-42)36-48(47)60(49)43-26-21-38(22-27-43)55(2,3)4/h11-36H,1-10H3. The fourth-order valence-corrected chi connectivity index (χ4v) is 9.58. The fraction of sp³-hybridized carbons (Fsp3) is 0.228. The summed E-state index contributed by atoms with van der Waals surface area (Å²) in [5.41, 5.74) is 19.6. The molecule has 2 aliphatic heterocycles. The third-order valence-electron chi connectivity index (χ3n) is 12.9. The largest absolute Gasteiger partial charge is 0.468 e. The van der Waals surface area contributed by atoms with Crippen LogP contribution in [0.2, 0.25) is 0 Å². The molecule has 3 heterocycles. The van der Waals surface area contributed by atoms with Crippen LogP contribution in [0.25, 0.3) is 11.0 Å². The predicted molar refractivity (Wildman–Crippen MR) is 266 cm³/mol. The fourth-order valence-electron chi connectivity index (χ4n) is 9.58. The number of aryl methyl sites for hydroxylation is 1. The van der Waals surface area contributed by atoms with Crippen molar-refractivity contribution >= 4 is 85.5 Å². The minimum Gasteiger partial charge on any atom is -0.468 e. The summed E-state index contributed by atoms with van der Waals surface area (Å²) < 4.78 is 7.26. The molecule has 0 saturated heterocycles. The number of para-hydroxylation sites is 2. The van der Waals surface area contributed by atoms with Crippen LogP contribution in [-0.2, 0) is 16.2 Å². The van der Waals surface area contributed by atoms with Crippen LogP contribution in [0.5, 0.6) is 0 Å². The number of hydrogen-bond donors (Lipinski definition) is 0. The highest BCUT2D eigenvalue weighted by Gasteiger charge is 2.47. The minimum atomic E-state index is -0.151. The van der Waals surface area contributed by atoms with E-state index in [-0.39, 0.29) is 23.0 Å². The van der Waals surface area contributed by atoms with Crippen LogP contribution in [-0.4, -0.2) is 6.71 Å². The smallest absolute Gasteiger partial charge is 0.297 e. The van der Waals surface area contributed by atoms with E-state index in [1.54, 1.807) is 0 Å². The molecule has 8 aromatic rings. The van der Waals surface area contributed by atoms with Crippen LogP contribution in [0, 0.1) is 6.92 Å². The zero-order valence-corrected chi connectivity index (χ0v) is 37.8. The molecule has 0 atom stereocenters. The number of hydrogen-bond acceptors (Lipinski definition) is 4. The Bertz CT molecular complexity index is 2930. The summed E-state index contributed by atoms with van der Waals surface area (Å²) in [7, 11) is 0. The molecule has 10 rings (SSSR count). The van der Waals surface area contributed by atoms with E-state index in [2.05, 4.69) is 242 Å². The van der Waals surface area contributed by atoms with E-state index in [0.717, 1.165) is 56.4 Å². The Kier molecular flexibility index (Phi) is 9.15. The molecule has 0 bridgehead atoms. The Hall–Kier alpha value is -6.46. The predicted octanol–water partition coefficient (Wildman–Crippen LogP) is 14.2. The van der Waals surface area contributed by atoms with Gasteiger partial charge in [0.1, 0.15) is 5.58 Å². The Morgan fingerprint density at radius 2 is 0.968 bits per heavy atom. The molecule has 5 heteroatoms. The molecule has 62 heavy (non-hydrogen) atoms. The first-order valence-corrected chi connectivity index (χ1v) is 22.1. The van der Waals surface area contributed by atoms with Crippen LogP contribution in [0.15, 0.2) is 162 Å². The van der Waals surface area contributed by atoms with Crippen molar-refractivity contribution in [2.75, 3.05) is 14.7 Å². The van der Waals surface area contributed by atoms with Crippen LogP contribution < -0.4 is 31.3 Å². The Labute approximate surface area is 368 Å². The van der Waals surface area contributed by atoms with E-state index in [9.17, 15) is 0 Å². The van der Waals surface area contributed by atoms with Gasteiger partial charge in [0, 0.05) is 50.9 Å². The monoisotopic (exact) mass is 809 g/mol. The number of fused-ring (bicyclic) bond motifs is 6. The van der Waals surface area contributed by atoms with Gasteiger partial charge < -0.3 is 19.1 Å². The average Bonchev–Trinajstić information content (AvgIpc) is 3.62. The van der Waals surface area contributed by atoms with E-state index in [0.29, 0.717) is 0 Å². The second-order valence-corrected chi connectivity index (χ2v) is 20.4. The van der Waals surface area contributed by atoms with Gasteiger partial charge in [0.25, 0.3) is 6.71 Å². The zero-order valence-electron chi connectivity index (χ0n) is 37.8. The number of rotatable bonds is 5. The summed E-state index contributed by atoms with van der Waals surface area (Å²) in [5.74, 6) is 0. The van der Waals surface area contributed by atoms with Crippen molar-refractivity contribution in [1.29, 1.82) is 0 Å². The second kappa shape index (κ2) is 14.3. The first-order chi connectivity index (χ1) is 29.6. The van der Waals surface area contributed by atoms with Gasteiger partial charge >= 0.3 is 0 Å². The van der Waals surface area contributed by atoms with Crippen molar-refractivity contribution in [2.45, 2.75) is 85.5 Å². The molecule has 0 fully saturated rings. The summed E-state index contributed by atoms with van der Waals surface area (Å²) in [5, 5.41) is 1.14. The molecule has 1 aromatic heterocycles. The number of anilines is 9. The summed E-state index contributed by atoms with van der Waals surface area (Å²) in [4.78, 5) is 7.37. The third-order valence-corrected chi connectivity index (χ3v) is 12.9. The van der Waals surface area contributed by atoms with Crippen LogP contribution in [0.3, 0.4) is 0 Å². The van der Waals surface area contributed by atoms with Gasteiger partial charge in [0.05, 0.1) is 11.3 Å². The number of nitrogens with zero attached hydrogens (tertiary/aromatic N) is 3. The normalized spacial score (nSPS) is 13.5. The molecule has 0 saturated carbocycles. The lowest BCUT2D eigenvalue weighted by atomic mass is 9.35. The zero-order chi connectivity index (χ0) is 43.3. The van der Waals surface area contributed by atoms with E-state index in [1.807, 2.05) is 0 Å². The molecule has 4 nitrogen and oxygen atoms in total. The Morgan fingerprint density at radius 3 is 1.50 bits per heavy atom. The van der Waals surface area contributed by atoms with Gasteiger partial charge in [-0.3, -0.25) is 0 Å². The highest BCUT2D eigenvalue weighted by Crippen LogP contribution is 2.49. The van der Waals surface area contributed by atoms with Gasteiger partial charge in [0.2, 0.25) is 0 Å². The summed E-state index contributed by atoms with van der Waals surface area (Å²) in [6.07, 6.45) is 0. The van der Waals surface area contributed by atoms with Crippen molar-refractivity contribution < 1.29 is 4.42 Å². The van der Waals surface area contributed by atoms with Gasteiger partial charge in [-0.05, 0) is 141 Å². The Morgan fingerprint density at radius 1 is 0.468 bits per heavy atom. The first kappa shape index (κ1) is 39.7. The molecule has 0 aliphatic carbocycles.